The molecule has 0 spiro atoms. The van der Waals surface area contributed by atoms with Crippen LogP contribution in [0.3, 0.4) is 0 Å². The standard InChI is InChI=1S/C14H29N3O.HI/c1-12(2)10-18-9-7-16-13(15-5)17-8-6-14(3,4)11-17;/h12H,6-11H2,1-5H3,(H,15,16);1H. The second kappa shape index (κ2) is 9.00. The number of ether oxygens (including phenoxy) is 1. The number of rotatable bonds is 5. The first-order valence-electron chi connectivity index (χ1n) is 6.98. The van der Waals surface area contributed by atoms with Crippen molar-refractivity contribution in [3.8, 4) is 0 Å². The van der Waals surface area contributed by atoms with Gasteiger partial charge in [0, 0.05) is 33.3 Å². The molecule has 0 bridgehead atoms. The van der Waals surface area contributed by atoms with E-state index < -0.39 is 0 Å². The van der Waals surface area contributed by atoms with Crippen LogP contribution in [0, 0.1) is 11.3 Å². The molecule has 0 aliphatic carbocycles. The van der Waals surface area contributed by atoms with Crippen molar-refractivity contribution >= 4 is 29.9 Å². The van der Waals surface area contributed by atoms with E-state index in [2.05, 4.69) is 42.9 Å². The molecule has 0 radical (unpaired) electrons. The van der Waals surface area contributed by atoms with E-state index in [-0.39, 0.29) is 24.0 Å². The number of likely N-dealkylation sites (tertiary alicyclic amines) is 1. The Morgan fingerprint density at radius 3 is 2.58 bits per heavy atom. The maximum absolute atomic E-state index is 5.56. The van der Waals surface area contributed by atoms with Crippen LogP contribution in [0.5, 0.6) is 0 Å². The first-order valence-corrected chi connectivity index (χ1v) is 6.98. The Bertz CT molecular complexity index is 280. The second-order valence-electron chi connectivity index (χ2n) is 6.28. The van der Waals surface area contributed by atoms with Gasteiger partial charge in [-0.05, 0) is 17.8 Å². The molecule has 114 valence electrons. The Labute approximate surface area is 135 Å². The molecule has 1 saturated heterocycles. The molecule has 0 unspecified atom stereocenters. The van der Waals surface area contributed by atoms with E-state index in [1.165, 1.54) is 6.42 Å². The molecule has 0 atom stereocenters. The molecule has 4 nitrogen and oxygen atoms in total. The van der Waals surface area contributed by atoms with Crippen molar-refractivity contribution in [1.29, 1.82) is 0 Å². The lowest BCUT2D eigenvalue weighted by molar-refractivity contribution is 0.114. The van der Waals surface area contributed by atoms with Crippen molar-refractivity contribution in [2.75, 3.05) is 39.9 Å². The fourth-order valence-electron chi connectivity index (χ4n) is 2.18. The van der Waals surface area contributed by atoms with Gasteiger partial charge in [0.2, 0.25) is 0 Å². The average molecular weight is 383 g/mol. The van der Waals surface area contributed by atoms with E-state index in [4.69, 9.17) is 4.74 Å². The molecule has 1 aliphatic rings. The minimum absolute atomic E-state index is 0. The van der Waals surface area contributed by atoms with Gasteiger partial charge in [-0.25, -0.2) is 0 Å². The molecule has 1 heterocycles. The molecule has 5 heteroatoms. The molecule has 1 N–H and O–H groups in total. The summed E-state index contributed by atoms with van der Waals surface area (Å²) in [6.07, 6.45) is 1.23. The predicted octanol–water partition coefficient (Wildman–Crippen LogP) is 2.58. The van der Waals surface area contributed by atoms with Gasteiger partial charge in [0.05, 0.1) is 6.61 Å². The third kappa shape index (κ3) is 7.34. The number of halogens is 1. The smallest absolute Gasteiger partial charge is 0.193 e. The van der Waals surface area contributed by atoms with Crippen LogP contribution in [0.25, 0.3) is 0 Å². The first-order chi connectivity index (χ1) is 8.44. The number of guanidine groups is 1. The van der Waals surface area contributed by atoms with Crippen LogP contribution in [0.2, 0.25) is 0 Å². The van der Waals surface area contributed by atoms with E-state index in [9.17, 15) is 0 Å². The van der Waals surface area contributed by atoms with Crippen molar-refractivity contribution < 1.29 is 4.74 Å². The van der Waals surface area contributed by atoms with Crippen LogP contribution in [-0.2, 0) is 4.74 Å². The molecule has 0 aromatic rings. The zero-order valence-electron chi connectivity index (χ0n) is 13.0. The lowest BCUT2D eigenvalue weighted by atomic mass is 9.93. The van der Waals surface area contributed by atoms with Gasteiger partial charge in [0.1, 0.15) is 0 Å². The normalized spacial score (nSPS) is 18.6. The van der Waals surface area contributed by atoms with Crippen molar-refractivity contribution in [2.45, 2.75) is 34.1 Å². The van der Waals surface area contributed by atoms with E-state index in [1.54, 1.807) is 0 Å². The molecule has 1 aliphatic heterocycles. The van der Waals surface area contributed by atoms with Gasteiger partial charge >= 0.3 is 0 Å². The van der Waals surface area contributed by atoms with Crippen LogP contribution in [0.4, 0.5) is 0 Å². The summed E-state index contributed by atoms with van der Waals surface area (Å²) in [5.74, 6) is 1.61. The summed E-state index contributed by atoms with van der Waals surface area (Å²) in [5.41, 5.74) is 0.408. The minimum Gasteiger partial charge on any atom is -0.379 e. The van der Waals surface area contributed by atoms with Gasteiger partial charge < -0.3 is 15.0 Å². The van der Waals surface area contributed by atoms with Crippen LogP contribution in [0.15, 0.2) is 4.99 Å². The summed E-state index contributed by atoms with van der Waals surface area (Å²) in [5, 5.41) is 3.37. The number of hydrogen-bond acceptors (Lipinski definition) is 2. The van der Waals surface area contributed by atoms with Crippen LogP contribution in [-0.4, -0.2) is 50.8 Å². The summed E-state index contributed by atoms with van der Waals surface area (Å²) in [4.78, 5) is 6.68. The fraction of sp³-hybridized carbons (Fsp3) is 0.929. The second-order valence-corrected chi connectivity index (χ2v) is 6.28. The summed E-state index contributed by atoms with van der Waals surface area (Å²) >= 11 is 0. The summed E-state index contributed by atoms with van der Waals surface area (Å²) < 4.78 is 5.56. The van der Waals surface area contributed by atoms with E-state index in [1.807, 2.05) is 7.05 Å². The highest BCUT2D eigenvalue weighted by Crippen LogP contribution is 2.28. The molecule has 1 rings (SSSR count). The highest BCUT2D eigenvalue weighted by Gasteiger charge is 2.30. The number of nitrogens with zero attached hydrogens (tertiary/aromatic N) is 2. The lowest BCUT2D eigenvalue weighted by Gasteiger charge is -2.23. The zero-order chi connectivity index (χ0) is 13.6. The molecule has 0 aromatic heterocycles. The highest BCUT2D eigenvalue weighted by atomic mass is 127. The summed E-state index contributed by atoms with van der Waals surface area (Å²) in [6.45, 7) is 13.5. The van der Waals surface area contributed by atoms with Gasteiger partial charge in [0.25, 0.3) is 0 Å². The monoisotopic (exact) mass is 383 g/mol. The van der Waals surface area contributed by atoms with Crippen molar-refractivity contribution in [2.24, 2.45) is 16.3 Å². The molecular weight excluding hydrogens is 353 g/mol. The topological polar surface area (TPSA) is 36.9 Å². The maximum atomic E-state index is 5.56. The Balaban J connectivity index is 0.00000324. The Morgan fingerprint density at radius 1 is 1.42 bits per heavy atom. The van der Waals surface area contributed by atoms with E-state index in [0.29, 0.717) is 11.3 Å². The zero-order valence-corrected chi connectivity index (χ0v) is 15.4. The molecule has 1 fully saturated rings. The van der Waals surface area contributed by atoms with Gasteiger partial charge in [-0.15, -0.1) is 24.0 Å². The number of hydrogen-bond donors (Lipinski definition) is 1. The summed E-state index contributed by atoms with van der Waals surface area (Å²) in [7, 11) is 1.85. The van der Waals surface area contributed by atoms with Crippen molar-refractivity contribution in [3.63, 3.8) is 0 Å². The van der Waals surface area contributed by atoms with Gasteiger partial charge in [0.15, 0.2) is 5.96 Å². The third-order valence-electron chi connectivity index (χ3n) is 3.17. The molecule has 19 heavy (non-hydrogen) atoms. The SMILES string of the molecule is CN=C(NCCOCC(C)C)N1CCC(C)(C)C1.I. The lowest BCUT2D eigenvalue weighted by Crippen LogP contribution is -2.42. The maximum Gasteiger partial charge on any atom is 0.193 e. The van der Waals surface area contributed by atoms with Gasteiger partial charge in [-0.1, -0.05) is 27.7 Å². The van der Waals surface area contributed by atoms with Gasteiger partial charge in [-0.2, -0.15) is 0 Å². The van der Waals surface area contributed by atoms with Crippen LogP contribution < -0.4 is 5.32 Å². The highest BCUT2D eigenvalue weighted by molar-refractivity contribution is 14.0. The van der Waals surface area contributed by atoms with Crippen molar-refractivity contribution in [3.05, 3.63) is 0 Å². The molecular formula is C14H30IN3O. The van der Waals surface area contributed by atoms with Crippen LogP contribution >= 0.6 is 24.0 Å². The predicted molar refractivity (Wildman–Crippen MR) is 92.4 cm³/mol. The number of aliphatic imine (C=N–C) groups is 1. The Morgan fingerprint density at radius 2 is 2.11 bits per heavy atom. The van der Waals surface area contributed by atoms with E-state index >= 15 is 0 Å². The van der Waals surface area contributed by atoms with Crippen LogP contribution in [0.1, 0.15) is 34.1 Å². The molecule has 0 amide bonds. The quantitative estimate of drug-likeness (QED) is 0.343. The molecule has 0 saturated carbocycles. The fourth-order valence-corrected chi connectivity index (χ4v) is 2.18. The van der Waals surface area contributed by atoms with Gasteiger partial charge in [-0.3, -0.25) is 4.99 Å². The Kier molecular flexibility index (Phi) is 8.98. The van der Waals surface area contributed by atoms with Crippen molar-refractivity contribution in [1.82, 2.24) is 10.2 Å². The number of nitrogens with one attached hydrogen (secondary N) is 1. The average Bonchev–Trinajstić information content (AvgIpc) is 2.63. The summed E-state index contributed by atoms with van der Waals surface area (Å²) in [6, 6.07) is 0. The molecule has 0 aromatic carbocycles. The Hall–Kier alpha value is -0.0400. The minimum atomic E-state index is 0. The third-order valence-corrected chi connectivity index (χ3v) is 3.17. The van der Waals surface area contributed by atoms with E-state index in [0.717, 1.165) is 38.8 Å². The first kappa shape index (κ1) is 19.0. The largest absolute Gasteiger partial charge is 0.379 e.